The molecule has 1 aromatic carbocycles. The van der Waals surface area contributed by atoms with Gasteiger partial charge in [-0.15, -0.1) is 11.3 Å². The SMILES string of the molecule is CC(Sc1ccc(C(=O)N2CCCC2)cn1)/C(O)=C(/C#N)c1nc2ccccc2s1. The number of hydrogen-bond donors (Lipinski definition) is 1. The number of aliphatic hydroxyl groups excluding tert-OH is 1. The molecule has 3 heterocycles. The number of nitriles is 1. The van der Waals surface area contributed by atoms with Gasteiger partial charge in [-0.05, 0) is 44.0 Å². The predicted octanol–water partition coefficient (Wildman–Crippen LogP) is 4.90. The molecule has 1 saturated heterocycles. The van der Waals surface area contributed by atoms with Gasteiger partial charge in [0.2, 0.25) is 0 Å². The average molecular weight is 437 g/mol. The summed E-state index contributed by atoms with van der Waals surface area (Å²) in [6, 6.07) is 13.3. The van der Waals surface area contributed by atoms with Crippen molar-refractivity contribution in [2.24, 2.45) is 0 Å². The lowest BCUT2D eigenvalue weighted by atomic mass is 10.2. The number of thiazole rings is 1. The Morgan fingerprint density at radius 1 is 1.27 bits per heavy atom. The fraction of sp³-hybridized carbons (Fsp3) is 0.273. The topological polar surface area (TPSA) is 90.1 Å². The van der Waals surface area contributed by atoms with Crippen molar-refractivity contribution >= 4 is 44.8 Å². The molecule has 0 radical (unpaired) electrons. The zero-order valence-corrected chi connectivity index (χ0v) is 18.0. The van der Waals surface area contributed by atoms with Crippen LogP contribution in [0.15, 0.2) is 53.4 Å². The van der Waals surface area contributed by atoms with Crippen LogP contribution in [-0.4, -0.2) is 44.2 Å². The van der Waals surface area contributed by atoms with Crippen molar-refractivity contribution < 1.29 is 9.90 Å². The van der Waals surface area contributed by atoms with Crippen LogP contribution in [0.2, 0.25) is 0 Å². The van der Waals surface area contributed by atoms with Gasteiger partial charge in [0, 0.05) is 19.3 Å². The molecule has 3 aromatic rings. The van der Waals surface area contributed by atoms with Crippen LogP contribution in [0.5, 0.6) is 0 Å². The van der Waals surface area contributed by atoms with Gasteiger partial charge in [0.1, 0.15) is 22.4 Å². The maximum atomic E-state index is 12.4. The summed E-state index contributed by atoms with van der Waals surface area (Å²) in [5.74, 6) is -0.0180. The van der Waals surface area contributed by atoms with E-state index in [9.17, 15) is 15.2 Å². The lowest BCUT2D eigenvalue weighted by Gasteiger charge is -2.15. The van der Waals surface area contributed by atoms with Crippen LogP contribution in [-0.2, 0) is 0 Å². The first kappa shape index (κ1) is 20.4. The summed E-state index contributed by atoms with van der Waals surface area (Å²) in [4.78, 5) is 23.1. The van der Waals surface area contributed by atoms with E-state index in [0.29, 0.717) is 15.6 Å². The maximum absolute atomic E-state index is 12.4. The Hall–Kier alpha value is -2.89. The number of carbonyl (C=O) groups is 1. The molecular weight excluding hydrogens is 416 g/mol. The standard InChI is InChI=1S/C22H20N4O2S2/c1-14(20(27)16(12-23)21-25-17-6-2-3-7-18(17)30-21)29-19-9-8-15(13-24-19)22(28)26-10-4-5-11-26/h2-3,6-9,13-14,27H,4-5,10-11H2,1H3/b20-16+. The smallest absolute Gasteiger partial charge is 0.255 e. The van der Waals surface area contributed by atoms with Gasteiger partial charge in [-0.1, -0.05) is 23.9 Å². The van der Waals surface area contributed by atoms with E-state index in [4.69, 9.17) is 0 Å². The summed E-state index contributed by atoms with van der Waals surface area (Å²) in [5.41, 5.74) is 1.55. The van der Waals surface area contributed by atoms with Crippen LogP contribution >= 0.6 is 23.1 Å². The number of likely N-dealkylation sites (tertiary alicyclic amines) is 1. The van der Waals surface area contributed by atoms with Gasteiger partial charge in [-0.2, -0.15) is 5.26 Å². The van der Waals surface area contributed by atoms with Crippen molar-refractivity contribution in [2.75, 3.05) is 13.1 Å². The Labute approximate surface area is 182 Å². The number of nitrogens with zero attached hydrogens (tertiary/aromatic N) is 4. The van der Waals surface area contributed by atoms with Crippen molar-refractivity contribution in [1.82, 2.24) is 14.9 Å². The highest BCUT2D eigenvalue weighted by molar-refractivity contribution is 8.00. The zero-order valence-electron chi connectivity index (χ0n) is 16.4. The van der Waals surface area contributed by atoms with E-state index in [1.807, 2.05) is 36.1 Å². The fourth-order valence-corrected chi connectivity index (χ4v) is 5.13. The fourth-order valence-electron chi connectivity index (χ4n) is 3.31. The number of para-hydroxylation sites is 1. The molecule has 0 spiro atoms. The molecule has 0 bridgehead atoms. The van der Waals surface area contributed by atoms with Crippen LogP contribution in [0, 0.1) is 11.3 Å². The number of rotatable bonds is 5. The Bertz CT molecular complexity index is 1110. The quantitative estimate of drug-likeness (QED) is 0.347. The number of fused-ring (bicyclic) bond motifs is 1. The van der Waals surface area contributed by atoms with Crippen LogP contribution in [0.4, 0.5) is 0 Å². The van der Waals surface area contributed by atoms with Crippen LogP contribution in [0.1, 0.15) is 35.1 Å². The van der Waals surface area contributed by atoms with E-state index in [1.165, 1.54) is 23.1 Å². The van der Waals surface area contributed by atoms with Crippen molar-refractivity contribution in [3.05, 3.63) is 58.9 Å². The van der Waals surface area contributed by atoms with Gasteiger partial charge in [-0.25, -0.2) is 9.97 Å². The van der Waals surface area contributed by atoms with E-state index in [1.54, 1.807) is 18.3 Å². The largest absolute Gasteiger partial charge is 0.510 e. The van der Waals surface area contributed by atoms with E-state index < -0.39 is 0 Å². The highest BCUT2D eigenvalue weighted by atomic mass is 32.2. The van der Waals surface area contributed by atoms with Crippen molar-refractivity contribution in [3.63, 3.8) is 0 Å². The Balaban J connectivity index is 1.51. The van der Waals surface area contributed by atoms with Gasteiger partial charge in [0.25, 0.3) is 5.91 Å². The average Bonchev–Trinajstić information content (AvgIpc) is 3.44. The summed E-state index contributed by atoms with van der Waals surface area (Å²) in [6.07, 6.45) is 3.67. The van der Waals surface area contributed by atoms with Gasteiger partial charge < -0.3 is 10.0 Å². The minimum absolute atomic E-state index is 0.00921. The monoisotopic (exact) mass is 436 g/mol. The number of hydrogen-bond acceptors (Lipinski definition) is 7. The highest BCUT2D eigenvalue weighted by Gasteiger charge is 2.21. The van der Waals surface area contributed by atoms with Crippen molar-refractivity contribution in [1.29, 1.82) is 5.26 Å². The van der Waals surface area contributed by atoms with Crippen LogP contribution in [0.25, 0.3) is 15.8 Å². The molecule has 4 rings (SSSR count). The van der Waals surface area contributed by atoms with Crippen LogP contribution in [0.3, 0.4) is 0 Å². The molecule has 0 aliphatic carbocycles. The molecule has 1 N–H and O–H groups in total. The van der Waals surface area contributed by atoms with E-state index in [0.717, 1.165) is 36.1 Å². The summed E-state index contributed by atoms with van der Waals surface area (Å²) < 4.78 is 0.966. The van der Waals surface area contributed by atoms with E-state index in [-0.39, 0.29) is 22.5 Å². The number of pyridine rings is 1. The number of allylic oxidation sites excluding steroid dienone is 1. The molecule has 1 unspecified atom stereocenters. The third-order valence-corrected chi connectivity index (χ3v) is 7.05. The minimum Gasteiger partial charge on any atom is -0.510 e. The molecule has 1 fully saturated rings. The molecule has 152 valence electrons. The molecule has 1 amide bonds. The number of amides is 1. The first-order valence-corrected chi connectivity index (χ1v) is 11.4. The molecule has 0 saturated carbocycles. The van der Waals surface area contributed by atoms with Crippen molar-refractivity contribution in [2.45, 2.75) is 30.0 Å². The number of aromatic nitrogens is 2. The van der Waals surface area contributed by atoms with Gasteiger partial charge in [0.15, 0.2) is 0 Å². The second-order valence-electron chi connectivity index (χ2n) is 7.00. The normalized spacial score (nSPS) is 15.7. The summed E-state index contributed by atoms with van der Waals surface area (Å²) in [7, 11) is 0. The zero-order chi connectivity index (χ0) is 21.1. The number of carbonyl (C=O) groups excluding carboxylic acids is 1. The number of aliphatic hydroxyl groups is 1. The van der Waals surface area contributed by atoms with Crippen molar-refractivity contribution in [3.8, 4) is 6.07 Å². The Morgan fingerprint density at radius 2 is 2.03 bits per heavy atom. The maximum Gasteiger partial charge on any atom is 0.255 e. The third-order valence-electron chi connectivity index (χ3n) is 4.93. The Morgan fingerprint density at radius 3 is 2.70 bits per heavy atom. The molecule has 2 aromatic heterocycles. The first-order chi connectivity index (χ1) is 14.6. The lowest BCUT2D eigenvalue weighted by molar-refractivity contribution is 0.0792. The molecule has 30 heavy (non-hydrogen) atoms. The Kier molecular flexibility index (Phi) is 6.02. The molecule has 8 heteroatoms. The van der Waals surface area contributed by atoms with Gasteiger partial charge in [-0.3, -0.25) is 4.79 Å². The summed E-state index contributed by atoms with van der Waals surface area (Å²) >= 11 is 2.71. The highest BCUT2D eigenvalue weighted by Crippen LogP contribution is 2.33. The number of thioether (sulfide) groups is 1. The van der Waals surface area contributed by atoms with E-state index >= 15 is 0 Å². The minimum atomic E-state index is -0.390. The predicted molar refractivity (Wildman–Crippen MR) is 119 cm³/mol. The molecule has 1 aliphatic rings. The molecule has 1 atom stereocenters. The molecule has 1 aliphatic heterocycles. The molecular formula is C22H20N4O2S2. The van der Waals surface area contributed by atoms with Crippen LogP contribution < -0.4 is 0 Å². The summed E-state index contributed by atoms with van der Waals surface area (Å²) in [6.45, 7) is 3.41. The molecule has 6 nitrogen and oxygen atoms in total. The van der Waals surface area contributed by atoms with Gasteiger partial charge >= 0.3 is 0 Å². The first-order valence-electron chi connectivity index (χ1n) is 9.68. The third kappa shape index (κ3) is 4.18. The number of benzene rings is 1. The second kappa shape index (κ2) is 8.86. The van der Waals surface area contributed by atoms with E-state index in [2.05, 4.69) is 16.0 Å². The van der Waals surface area contributed by atoms with Gasteiger partial charge in [0.05, 0.1) is 26.1 Å². The summed E-state index contributed by atoms with van der Waals surface area (Å²) in [5, 5.41) is 21.1. The second-order valence-corrected chi connectivity index (χ2v) is 9.40. The lowest BCUT2D eigenvalue weighted by Crippen LogP contribution is -2.27.